The first-order valence-electron chi connectivity index (χ1n) is 14.1. The van der Waals surface area contributed by atoms with Gasteiger partial charge in [0.1, 0.15) is 0 Å². The van der Waals surface area contributed by atoms with Crippen LogP contribution in [0.2, 0.25) is 0 Å². The van der Waals surface area contributed by atoms with Crippen molar-refractivity contribution in [3.63, 3.8) is 0 Å². The van der Waals surface area contributed by atoms with Gasteiger partial charge in [-0.15, -0.1) is 0 Å². The first kappa shape index (κ1) is 25.9. The van der Waals surface area contributed by atoms with Crippen molar-refractivity contribution < 1.29 is 4.79 Å². The van der Waals surface area contributed by atoms with E-state index in [0.717, 1.165) is 33.5 Å². The van der Waals surface area contributed by atoms with E-state index >= 15 is 0 Å². The number of fused-ring (bicyclic) bond motifs is 2. The van der Waals surface area contributed by atoms with Crippen LogP contribution in [-0.4, -0.2) is 32.0 Å². The number of aromatic nitrogens is 2. The Kier molecular flexibility index (Phi) is 6.85. The normalized spacial score (nSPS) is 16.6. The Hall–Kier alpha value is -5.01. The molecule has 2 unspecified atom stereocenters. The summed E-state index contributed by atoms with van der Waals surface area (Å²) in [5.41, 5.74) is 3.86. The number of amides is 1. The topological polar surface area (TPSA) is 62.2 Å². The third kappa shape index (κ3) is 4.88. The number of hydrogen-bond acceptors (Lipinski definition) is 3. The molecule has 7 heteroatoms. The second-order valence-corrected chi connectivity index (χ2v) is 10.9. The first-order valence-corrected chi connectivity index (χ1v) is 14.5. The zero-order chi connectivity index (χ0) is 28.5. The Balaban J connectivity index is 1.20. The fourth-order valence-electron chi connectivity index (χ4n) is 5.93. The molecule has 0 spiro atoms. The molecule has 7 rings (SSSR count). The van der Waals surface area contributed by atoms with E-state index < -0.39 is 0 Å². The molecule has 0 saturated carbocycles. The molecular weight excluding hydrogens is 538 g/mol. The second-order valence-electron chi connectivity index (χ2n) is 10.5. The fraction of sp³-hybridized carbons (Fsp3) is 0.114. The molecule has 2 N–H and O–H groups in total. The lowest BCUT2D eigenvalue weighted by atomic mass is 10.0. The summed E-state index contributed by atoms with van der Waals surface area (Å²) in [6, 6.07) is 38.7. The van der Waals surface area contributed by atoms with Gasteiger partial charge in [-0.05, 0) is 70.8 Å². The number of rotatable bonds is 7. The van der Waals surface area contributed by atoms with Crippen molar-refractivity contribution >= 4 is 50.5 Å². The van der Waals surface area contributed by atoms with E-state index in [1.165, 1.54) is 10.8 Å². The van der Waals surface area contributed by atoms with Gasteiger partial charge in [-0.3, -0.25) is 9.78 Å². The van der Waals surface area contributed by atoms with Crippen LogP contribution in [0.15, 0.2) is 128 Å². The van der Waals surface area contributed by atoms with E-state index in [0.29, 0.717) is 11.7 Å². The minimum atomic E-state index is -0.172. The molecule has 2 aromatic heterocycles. The molecule has 2 atom stereocenters. The maximum absolute atomic E-state index is 13.3. The van der Waals surface area contributed by atoms with E-state index in [-0.39, 0.29) is 24.4 Å². The molecule has 0 radical (unpaired) electrons. The number of carbonyl (C=O) groups excluding carboxylic acids is 1. The summed E-state index contributed by atoms with van der Waals surface area (Å²) in [4.78, 5) is 20.1. The van der Waals surface area contributed by atoms with Crippen LogP contribution in [0.5, 0.6) is 0 Å². The first-order chi connectivity index (χ1) is 20.7. The fourth-order valence-corrected chi connectivity index (χ4v) is 6.27. The minimum Gasteiger partial charge on any atom is -0.352 e. The van der Waals surface area contributed by atoms with Crippen molar-refractivity contribution in [1.82, 2.24) is 19.8 Å². The van der Waals surface area contributed by atoms with E-state index in [9.17, 15) is 4.79 Å². The van der Waals surface area contributed by atoms with Gasteiger partial charge in [0.05, 0.1) is 17.8 Å². The Labute approximate surface area is 249 Å². The van der Waals surface area contributed by atoms with E-state index in [1.54, 1.807) is 6.20 Å². The summed E-state index contributed by atoms with van der Waals surface area (Å²) in [7, 11) is 0. The summed E-state index contributed by atoms with van der Waals surface area (Å²) in [5, 5.41) is 11.7. The average molecular weight is 568 g/mol. The largest absolute Gasteiger partial charge is 0.352 e. The number of carbonyl (C=O) groups is 1. The molecule has 3 heterocycles. The van der Waals surface area contributed by atoms with Gasteiger partial charge < -0.3 is 20.1 Å². The number of nitrogens with zero attached hydrogens (tertiary/aromatic N) is 3. The van der Waals surface area contributed by atoms with Crippen molar-refractivity contribution in [2.75, 3.05) is 11.9 Å². The highest BCUT2D eigenvalue weighted by molar-refractivity contribution is 7.80. The molecule has 6 aromatic rings. The maximum atomic E-state index is 13.3. The lowest BCUT2D eigenvalue weighted by Gasteiger charge is -2.29. The number of hydrogen-bond donors (Lipinski definition) is 2. The summed E-state index contributed by atoms with van der Waals surface area (Å²) in [5.74, 6) is -0.0564. The molecule has 4 aromatic carbocycles. The molecule has 1 saturated heterocycles. The molecule has 1 amide bonds. The summed E-state index contributed by atoms with van der Waals surface area (Å²) >= 11 is 5.88. The number of nitrogens with one attached hydrogen (secondary N) is 2. The number of benzene rings is 4. The molecule has 206 valence electrons. The van der Waals surface area contributed by atoms with Gasteiger partial charge in [-0.2, -0.15) is 0 Å². The monoisotopic (exact) mass is 567 g/mol. The lowest BCUT2D eigenvalue weighted by molar-refractivity contribution is -0.116. The number of anilines is 1. The molecule has 6 nitrogen and oxygen atoms in total. The van der Waals surface area contributed by atoms with Crippen LogP contribution in [0.1, 0.15) is 29.9 Å². The van der Waals surface area contributed by atoms with Gasteiger partial charge in [-0.25, -0.2) is 0 Å². The van der Waals surface area contributed by atoms with Gasteiger partial charge in [0, 0.05) is 47.8 Å². The molecule has 1 aliphatic rings. The van der Waals surface area contributed by atoms with Crippen molar-refractivity contribution in [1.29, 1.82) is 0 Å². The minimum absolute atomic E-state index is 0.0564. The Morgan fingerprint density at radius 1 is 0.833 bits per heavy atom. The van der Waals surface area contributed by atoms with Crippen LogP contribution in [0.3, 0.4) is 0 Å². The molecule has 42 heavy (non-hydrogen) atoms. The van der Waals surface area contributed by atoms with Crippen molar-refractivity contribution in [2.24, 2.45) is 0 Å². The predicted octanol–water partition coefficient (Wildman–Crippen LogP) is 7.18. The highest BCUT2D eigenvalue weighted by Crippen LogP contribution is 2.40. The van der Waals surface area contributed by atoms with E-state index in [4.69, 9.17) is 12.2 Å². The standard InChI is InChI=1S/C35H29N5OS/c41-32(37-29-15-7-12-25-10-3-4-13-28(25)29)19-22-40-34(33(38-35(40)42)30-14-5-6-20-36-30)31-16-8-21-39(31)27-18-17-24-9-1-2-11-26(24)23-27/h1-18,20-21,23,33-34H,19,22H2,(H,37,41)(H,38,42). The summed E-state index contributed by atoms with van der Waals surface area (Å²) in [6.07, 6.45) is 4.18. The number of pyridine rings is 1. The number of thiocarbonyl (C=S) groups is 1. The van der Waals surface area contributed by atoms with Gasteiger partial charge in [-0.1, -0.05) is 72.8 Å². The van der Waals surface area contributed by atoms with Crippen molar-refractivity contribution in [3.8, 4) is 5.69 Å². The quantitative estimate of drug-likeness (QED) is 0.200. The van der Waals surface area contributed by atoms with Crippen molar-refractivity contribution in [2.45, 2.75) is 18.5 Å². The maximum Gasteiger partial charge on any atom is 0.226 e. The molecule has 1 fully saturated rings. The smallest absolute Gasteiger partial charge is 0.226 e. The van der Waals surface area contributed by atoms with Crippen LogP contribution in [0, 0.1) is 0 Å². The van der Waals surface area contributed by atoms with Crippen molar-refractivity contribution in [3.05, 3.63) is 139 Å². The van der Waals surface area contributed by atoms with Gasteiger partial charge in [0.2, 0.25) is 5.91 Å². The average Bonchev–Trinajstić information content (AvgIpc) is 3.64. The Bertz CT molecular complexity index is 1910. The Morgan fingerprint density at radius 2 is 1.62 bits per heavy atom. The lowest BCUT2D eigenvalue weighted by Crippen LogP contribution is -2.33. The summed E-state index contributed by atoms with van der Waals surface area (Å²) in [6.45, 7) is 0.458. The van der Waals surface area contributed by atoms with Crippen LogP contribution in [-0.2, 0) is 4.79 Å². The highest BCUT2D eigenvalue weighted by Gasteiger charge is 2.41. The van der Waals surface area contributed by atoms with Gasteiger partial charge in [0.15, 0.2) is 5.11 Å². The van der Waals surface area contributed by atoms with Crippen LogP contribution >= 0.6 is 12.2 Å². The summed E-state index contributed by atoms with van der Waals surface area (Å²) < 4.78 is 2.21. The highest BCUT2D eigenvalue weighted by atomic mass is 32.1. The molecular formula is C35H29N5OS. The van der Waals surface area contributed by atoms with E-state index in [1.807, 2.05) is 60.7 Å². The molecule has 0 bridgehead atoms. The zero-order valence-electron chi connectivity index (χ0n) is 22.9. The molecule has 1 aliphatic heterocycles. The van der Waals surface area contributed by atoms with Gasteiger partial charge in [0.25, 0.3) is 0 Å². The zero-order valence-corrected chi connectivity index (χ0v) is 23.7. The van der Waals surface area contributed by atoms with Gasteiger partial charge >= 0.3 is 0 Å². The molecule has 0 aliphatic carbocycles. The third-order valence-electron chi connectivity index (χ3n) is 7.94. The van der Waals surface area contributed by atoms with Crippen LogP contribution in [0.25, 0.3) is 27.2 Å². The second kappa shape index (κ2) is 11.1. The Morgan fingerprint density at radius 3 is 2.48 bits per heavy atom. The van der Waals surface area contributed by atoms with Crippen LogP contribution in [0.4, 0.5) is 5.69 Å². The third-order valence-corrected chi connectivity index (χ3v) is 8.29. The van der Waals surface area contributed by atoms with Crippen LogP contribution < -0.4 is 10.6 Å². The SMILES string of the molecule is O=C(CCN1C(=S)NC(c2ccccn2)C1c1cccn1-c1ccc2ccccc2c1)Nc1cccc2ccccc12. The van der Waals surface area contributed by atoms with E-state index in [2.05, 4.69) is 85.9 Å². The predicted molar refractivity (Wildman–Crippen MR) is 173 cm³/mol.